The van der Waals surface area contributed by atoms with Gasteiger partial charge in [0.2, 0.25) is 0 Å². The van der Waals surface area contributed by atoms with Crippen molar-refractivity contribution in [2.24, 2.45) is 0 Å². The Labute approximate surface area is 94.3 Å². The minimum absolute atomic E-state index is 0.650. The minimum Gasteiger partial charge on any atom is -0.396 e. The molecule has 2 N–H and O–H groups in total. The van der Waals surface area contributed by atoms with E-state index < -0.39 is 0 Å². The van der Waals surface area contributed by atoms with Gasteiger partial charge in [0.05, 0.1) is 11.9 Å². The van der Waals surface area contributed by atoms with Gasteiger partial charge in [0, 0.05) is 25.1 Å². The Morgan fingerprint density at radius 2 is 2.25 bits per heavy atom. The zero-order chi connectivity index (χ0) is 11.4. The third-order valence-corrected chi connectivity index (χ3v) is 2.34. The molecule has 0 saturated carbocycles. The van der Waals surface area contributed by atoms with E-state index in [4.69, 9.17) is 5.73 Å². The quantitative estimate of drug-likeness (QED) is 0.846. The molecule has 0 aromatic carbocycles. The van der Waals surface area contributed by atoms with Crippen LogP contribution in [-0.4, -0.2) is 19.7 Å². The number of unbranched alkanes of at least 4 members (excludes halogenated alkanes) is 1. The van der Waals surface area contributed by atoms with Crippen LogP contribution in [0.1, 0.15) is 19.8 Å². The average molecular weight is 217 g/mol. The molecule has 0 atom stereocenters. The second-order valence-corrected chi connectivity index (χ2v) is 3.64. The van der Waals surface area contributed by atoms with Crippen LogP contribution in [0.4, 0.5) is 5.69 Å². The van der Waals surface area contributed by atoms with Gasteiger partial charge in [-0.05, 0) is 6.42 Å². The first-order valence-electron chi connectivity index (χ1n) is 5.40. The lowest BCUT2D eigenvalue weighted by Crippen LogP contribution is -1.98. The van der Waals surface area contributed by atoms with Crippen molar-refractivity contribution in [3.63, 3.8) is 0 Å². The highest BCUT2D eigenvalue weighted by Gasteiger charge is 2.09. The second-order valence-electron chi connectivity index (χ2n) is 3.64. The highest BCUT2D eigenvalue weighted by Crippen LogP contribution is 2.20. The topological polar surface area (TPSA) is 69.6 Å². The van der Waals surface area contributed by atoms with Crippen LogP contribution in [0.2, 0.25) is 0 Å². The summed E-state index contributed by atoms with van der Waals surface area (Å²) in [6.45, 7) is 3.04. The first kappa shape index (κ1) is 10.6. The third-order valence-electron chi connectivity index (χ3n) is 2.34. The van der Waals surface area contributed by atoms with Crippen LogP contribution in [0.3, 0.4) is 0 Å². The van der Waals surface area contributed by atoms with Crippen LogP contribution in [-0.2, 0) is 6.54 Å². The van der Waals surface area contributed by atoms with Crippen LogP contribution in [0.15, 0.2) is 24.8 Å². The van der Waals surface area contributed by atoms with E-state index in [2.05, 4.69) is 22.0 Å². The maximum atomic E-state index is 5.89. The van der Waals surface area contributed by atoms with Crippen LogP contribution in [0.25, 0.3) is 11.4 Å². The SMILES string of the molecule is CCCCn1cc(N)c(-c2cnccn2)n1. The number of rotatable bonds is 4. The number of nitrogens with two attached hydrogens (primary N) is 1. The Bertz CT molecular complexity index is 449. The summed E-state index contributed by atoms with van der Waals surface area (Å²) in [4.78, 5) is 8.19. The maximum absolute atomic E-state index is 5.89. The van der Waals surface area contributed by atoms with Crippen molar-refractivity contribution >= 4 is 5.69 Å². The van der Waals surface area contributed by atoms with Gasteiger partial charge in [-0.3, -0.25) is 14.6 Å². The number of hydrogen-bond acceptors (Lipinski definition) is 4. The molecule has 2 aromatic rings. The first-order valence-corrected chi connectivity index (χ1v) is 5.40. The number of nitrogen functional groups attached to an aromatic ring is 1. The fourth-order valence-corrected chi connectivity index (χ4v) is 1.49. The molecular weight excluding hydrogens is 202 g/mol. The Hall–Kier alpha value is -1.91. The van der Waals surface area contributed by atoms with Crippen molar-refractivity contribution in [1.82, 2.24) is 19.7 Å². The molecule has 0 spiro atoms. The number of hydrogen-bond donors (Lipinski definition) is 1. The summed E-state index contributed by atoms with van der Waals surface area (Å²) in [5.41, 5.74) is 7.97. The Morgan fingerprint density at radius 1 is 1.38 bits per heavy atom. The van der Waals surface area contributed by atoms with Gasteiger partial charge in [-0.2, -0.15) is 5.10 Å². The van der Waals surface area contributed by atoms with Crippen molar-refractivity contribution in [3.05, 3.63) is 24.8 Å². The van der Waals surface area contributed by atoms with E-state index in [0.717, 1.165) is 25.1 Å². The molecular formula is C11H15N5. The molecule has 0 unspecified atom stereocenters. The molecule has 0 amide bonds. The molecule has 2 heterocycles. The molecule has 16 heavy (non-hydrogen) atoms. The highest BCUT2D eigenvalue weighted by atomic mass is 15.3. The van der Waals surface area contributed by atoms with E-state index in [0.29, 0.717) is 11.4 Å². The molecule has 84 valence electrons. The lowest BCUT2D eigenvalue weighted by Gasteiger charge is -1.97. The summed E-state index contributed by atoms with van der Waals surface area (Å²) >= 11 is 0. The zero-order valence-electron chi connectivity index (χ0n) is 9.30. The fraction of sp³-hybridized carbons (Fsp3) is 0.364. The predicted octanol–water partition coefficient (Wildman–Crippen LogP) is 1.72. The van der Waals surface area contributed by atoms with Gasteiger partial charge in [0.15, 0.2) is 0 Å². The van der Waals surface area contributed by atoms with Crippen molar-refractivity contribution in [3.8, 4) is 11.4 Å². The molecule has 0 aliphatic carbocycles. The van der Waals surface area contributed by atoms with Gasteiger partial charge < -0.3 is 5.73 Å². The average Bonchev–Trinajstić information content (AvgIpc) is 2.69. The third kappa shape index (κ3) is 2.18. The smallest absolute Gasteiger partial charge is 0.135 e. The lowest BCUT2D eigenvalue weighted by molar-refractivity contribution is 0.573. The summed E-state index contributed by atoms with van der Waals surface area (Å²) in [5, 5.41) is 4.41. The number of aromatic nitrogens is 4. The predicted molar refractivity (Wildman–Crippen MR) is 62.6 cm³/mol. The van der Waals surface area contributed by atoms with Crippen molar-refractivity contribution in [1.29, 1.82) is 0 Å². The molecule has 0 radical (unpaired) electrons. The molecule has 0 saturated heterocycles. The standard InChI is InChI=1S/C11H15N5/c1-2-3-6-16-8-9(12)11(15-16)10-7-13-4-5-14-10/h4-5,7-8H,2-3,6,12H2,1H3. The summed E-state index contributed by atoms with van der Waals surface area (Å²) < 4.78 is 1.86. The summed E-state index contributed by atoms with van der Waals surface area (Å²) in [5.74, 6) is 0. The van der Waals surface area contributed by atoms with Gasteiger partial charge >= 0.3 is 0 Å². The molecule has 5 heteroatoms. The molecule has 2 rings (SSSR count). The first-order chi connectivity index (χ1) is 7.81. The zero-order valence-corrected chi connectivity index (χ0v) is 9.30. The highest BCUT2D eigenvalue weighted by molar-refractivity contribution is 5.68. The van der Waals surface area contributed by atoms with Gasteiger partial charge in [-0.25, -0.2) is 0 Å². The van der Waals surface area contributed by atoms with Crippen molar-refractivity contribution < 1.29 is 0 Å². The number of nitrogens with zero attached hydrogens (tertiary/aromatic N) is 4. The van der Waals surface area contributed by atoms with Gasteiger partial charge in [0.25, 0.3) is 0 Å². The van der Waals surface area contributed by atoms with Crippen LogP contribution >= 0.6 is 0 Å². The van der Waals surface area contributed by atoms with Crippen molar-refractivity contribution in [2.45, 2.75) is 26.3 Å². The van der Waals surface area contributed by atoms with Crippen LogP contribution in [0.5, 0.6) is 0 Å². The van der Waals surface area contributed by atoms with Gasteiger partial charge in [-0.15, -0.1) is 0 Å². The van der Waals surface area contributed by atoms with Crippen molar-refractivity contribution in [2.75, 3.05) is 5.73 Å². The van der Waals surface area contributed by atoms with E-state index in [9.17, 15) is 0 Å². The van der Waals surface area contributed by atoms with E-state index in [1.165, 1.54) is 0 Å². The van der Waals surface area contributed by atoms with E-state index in [-0.39, 0.29) is 0 Å². The van der Waals surface area contributed by atoms with E-state index in [1.54, 1.807) is 18.6 Å². The normalized spacial score (nSPS) is 10.6. The maximum Gasteiger partial charge on any atom is 0.135 e. The number of aryl methyl sites for hydroxylation is 1. The van der Waals surface area contributed by atoms with E-state index >= 15 is 0 Å². The van der Waals surface area contributed by atoms with Crippen LogP contribution in [0, 0.1) is 0 Å². The Kier molecular flexibility index (Phi) is 3.14. The van der Waals surface area contributed by atoms with E-state index in [1.807, 2.05) is 10.9 Å². The molecule has 0 bridgehead atoms. The molecule has 0 aliphatic heterocycles. The van der Waals surface area contributed by atoms with Gasteiger partial charge in [-0.1, -0.05) is 13.3 Å². The molecule has 0 aliphatic rings. The van der Waals surface area contributed by atoms with Crippen LogP contribution < -0.4 is 5.73 Å². The summed E-state index contributed by atoms with van der Waals surface area (Å²) in [6, 6.07) is 0. The fourth-order valence-electron chi connectivity index (χ4n) is 1.49. The summed E-state index contributed by atoms with van der Waals surface area (Å²) in [7, 11) is 0. The second kappa shape index (κ2) is 4.74. The Balaban J connectivity index is 2.25. The minimum atomic E-state index is 0.650. The Morgan fingerprint density at radius 3 is 2.94 bits per heavy atom. The molecule has 5 nitrogen and oxygen atoms in total. The molecule has 2 aromatic heterocycles. The largest absolute Gasteiger partial charge is 0.396 e. The summed E-state index contributed by atoms with van der Waals surface area (Å²) in [6.07, 6.45) is 9.03. The lowest BCUT2D eigenvalue weighted by atomic mass is 10.3. The van der Waals surface area contributed by atoms with Gasteiger partial charge in [0.1, 0.15) is 11.4 Å². The molecule has 0 fully saturated rings. The number of anilines is 1. The monoisotopic (exact) mass is 217 g/mol.